The molecule has 1 aromatic heterocycles. The Morgan fingerprint density at radius 1 is 0.951 bits per heavy atom. The highest BCUT2D eigenvalue weighted by atomic mass is 19.4. The Kier molecular flexibility index (Phi) is 8.30. The highest BCUT2D eigenvalue weighted by Crippen LogP contribution is 2.31. The molecule has 0 aliphatic carbocycles. The van der Waals surface area contributed by atoms with E-state index in [-0.39, 0.29) is 5.91 Å². The molecule has 1 saturated heterocycles. The lowest BCUT2D eigenvalue weighted by atomic mass is 10.0. The van der Waals surface area contributed by atoms with Gasteiger partial charge in [-0.25, -0.2) is 4.68 Å². The lowest BCUT2D eigenvalue weighted by Gasteiger charge is -2.34. The van der Waals surface area contributed by atoms with Gasteiger partial charge in [0.25, 0.3) is 5.91 Å². The molecular formula is C31H35F3N6O. The van der Waals surface area contributed by atoms with Crippen LogP contribution in [0.25, 0.3) is 0 Å². The van der Waals surface area contributed by atoms with Gasteiger partial charge in [-0.1, -0.05) is 55.5 Å². The van der Waals surface area contributed by atoms with Crippen molar-refractivity contribution in [2.24, 2.45) is 0 Å². The summed E-state index contributed by atoms with van der Waals surface area (Å²) in [7, 11) is 0. The predicted molar refractivity (Wildman–Crippen MR) is 152 cm³/mol. The van der Waals surface area contributed by atoms with E-state index in [1.165, 1.54) is 23.3 Å². The van der Waals surface area contributed by atoms with Gasteiger partial charge in [-0.05, 0) is 53.8 Å². The van der Waals surface area contributed by atoms with Gasteiger partial charge in [0.2, 0.25) is 0 Å². The van der Waals surface area contributed by atoms with E-state index in [9.17, 15) is 18.0 Å². The predicted octanol–water partition coefficient (Wildman–Crippen LogP) is 5.65. The molecule has 0 N–H and O–H groups in total. The summed E-state index contributed by atoms with van der Waals surface area (Å²) in [6.07, 6.45) is 1.38. The molecule has 1 fully saturated rings. The van der Waals surface area contributed by atoms with Crippen molar-refractivity contribution in [2.45, 2.75) is 46.0 Å². The number of rotatable bonds is 7. The first kappa shape index (κ1) is 28.6. The van der Waals surface area contributed by atoms with Crippen molar-refractivity contribution >= 4 is 11.6 Å². The molecule has 1 amide bonds. The molecular weight excluding hydrogens is 529 g/mol. The van der Waals surface area contributed by atoms with E-state index in [0.29, 0.717) is 49.2 Å². The van der Waals surface area contributed by atoms with Gasteiger partial charge >= 0.3 is 6.18 Å². The third-order valence-electron chi connectivity index (χ3n) is 7.63. The number of nitrogens with zero attached hydrogens (tertiary/aromatic N) is 6. The molecule has 216 valence electrons. The van der Waals surface area contributed by atoms with E-state index in [2.05, 4.69) is 53.3 Å². The SMILES string of the molecule is Cc1nnn(CC2=CN(c3ccc(C(F)(F)F)cc3)CC=C2)c1C(=O)N1CCN(Cc2ccc(C(C)C)cc2)CC1. The average Bonchev–Trinajstić information content (AvgIpc) is 3.32. The van der Waals surface area contributed by atoms with Gasteiger partial charge < -0.3 is 9.80 Å². The summed E-state index contributed by atoms with van der Waals surface area (Å²) in [6.45, 7) is 10.7. The molecule has 3 aromatic rings. The minimum atomic E-state index is -4.37. The van der Waals surface area contributed by atoms with Crippen LogP contribution in [-0.2, 0) is 19.3 Å². The Labute approximate surface area is 238 Å². The summed E-state index contributed by atoms with van der Waals surface area (Å²) in [4.78, 5) is 19.7. The average molecular weight is 565 g/mol. The number of piperazine rings is 1. The lowest BCUT2D eigenvalue weighted by Crippen LogP contribution is -2.48. The van der Waals surface area contributed by atoms with Crippen LogP contribution in [0.5, 0.6) is 0 Å². The molecule has 2 aliphatic rings. The topological polar surface area (TPSA) is 57.5 Å². The van der Waals surface area contributed by atoms with Crippen LogP contribution in [0.4, 0.5) is 18.9 Å². The molecule has 0 saturated carbocycles. The number of aromatic nitrogens is 3. The van der Waals surface area contributed by atoms with Crippen molar-refractivity contribution in [3.05, 3.63) is 101 Å². The molecule has 7 nitrogen and oxygen atoms in total. The largest absolute Gasteiger partial charge is 0.416 e. The molecule has 10 heteroatoms. The first-order chi connectivity index (χ1) is 19.6. The monoisotopic (exact) mass is 564 g/mol. The number of benzene rings is 2. The zero-order valence-corrected chi connectivity index (χ0v) is 23.6. The number of halogens is 3. The van der Waals surface area contributed by atoms with Gasteiger partial charge in [0.15, 0.2) is 0 Å². The second kappa shape index (κ2) is 11.9. The highest BCUT2D eigenvalue weighted by molar-refractivity contribution is 5.93. The van der Waals surface area contributed by atoms with Crippen LogP contribution in [0.3, 0.4) is 0 Å². The maximum atomic E-state index is 13.6. The summed E-state index contributed by atoms with van der Waals surface area (Å²) in [5.41, 5.74) is 4.47. The fourth-order valence-corrected chi connectivity index (χ4v) is 5.20. The van der Waals surface area contributed by atoms with Crippen LogP contribution >= 0.6 is 0 Å². The van der Waals surface area contributed by atoms with Crippen molar-refractivity contribution < 1.29 is 18.0 Å². The number of hydrogen-bond acceptors (Lipinski definition) is 5. The molecule has 2 aromatic carbocycles. The smallest absolute Gasteiger partial charge is 0.344 e. The molecule has 5 rings (SSSR count). The summed E-state index contributed by atoms with van der Waals surface area (Å²) in [5.74, 6) is 0.418. The molecule has 0 unspecified atom stereocenters. The second-order valence-corrected chi connectivity index (χ2v) is 10.9. The van der Waals surface area contributed by atoms with E-state index in [0.717, 1.165) is 37.3 Å². The number of allylic oxidation sites excluding steroid dienone is 2. The molecule has 3 heterocycles. The third-order valence-corrected chi connectivity index (χ3v) is 7.63. The quantitative estimate of drug-likeness (QED) is 0.372. The van der Waals surface area contributed by atoms with Gasteiger partial charge in [0.05, 0.1) is 17.8 Å². The van der Waals surface area contributed by atoms with Crippen LogP contribution in [0.2, 0.25) is 0 Å². The summed E-state index contributed by atoms with van der Waals surface area (Å²) >= 11 is 0. The number of hydrogen-bond donors (Lipinski definition) is 0. The third kappa shape index (κ3) is 6.70. The summed E-state index contributed by atoms with van der Waals surface area (Å²) in [5, 5.41) is 8.42. The standard InChI is InChI=1S/C31H35F3N6O/c1-22(2)26-8-6-24(7-9-26)19-37-15-17-38(18-16-37)30(41)29-23(3)35-36-40(29)21-25-5-4-14-39(20-25)28-12-10-27(11-13-28)31(32,33)34/h4-13,20,22H,14-19,21H2,1-3H3. The van der Waals surface area contributed by atoms with E-state index in [1.807, 2.05) is 28.2 Å². The van der Waals surface area contributed by atoms with Crippen molar-refractivity contribution in [3.8, 4) is 0 Å². The van der Waals surface area contributed by atoms with Crippen LogP contribution in [0, 0.1) is 6.92 Å². The Morgan fingerprint density at radius 3 is 2.27 bits per heavy atom. The van der Waals surface area contributed by atoms with Gasteiger partial charge in [-0.15, -0.1) is 5.10 Å². The molecule has 0 radical (unpaired) electrons. The molecule has 0 atom stereocenters. The van der Waals surface area contributed by atoms with Crippen LogP contribution in [0.1, 0.15) is 52.6 Å². The molecule has 0 spiro atoms. The summed E-state index contributed by atoms with van der Waals surface area (Å²) < 4.78 is 40.5. The van der Waals surface area contributed by atoms with Crippen molar-refractivity contribution in [2.75, 3.05) is 37.6 Å². The van der Waals surface area contributed by atoms with E-state index in [1.54, 1.807) is 11.6 Å². The van der Waals surface area contributed by atoms with Gasteiger partial charge in [-0.3, -0.25) is 9.69 Å². The number of alkyl halides is 3. The minimum absolute atomic E-state index is 0.0894. The van der Waals surface area contributed by atoms with Gasteiger partial charge in [0.1, 0.15) is 5.69 Å². The normalized spacial score (nSPS) is 16.4. The lowest BCUT2D eigenvalue weighted by molar-refractivity contribution is -0.137. The fraction of sp³-hybridized carbons (Fsp3) is 0.387. The zero-order valence-electron chi connectivity index (χ0n) is 23.6. The number of aryl methyl sites for hydroxylation is 1. The Morgan fingerprint density at radius 2 is 1.63 bits per heavy atom. The number of amides is 1. The molecule has 41 heavy (non-hydrogen) atoms. The van der Waals surface area contributed by atoms with Gasteiger partial charge in [-0.2, -0.15) is 13.2 Å². The molecule has 0 bridgehead atoms. The zero-order chi connectivity index (χ0) is 29.1. The van der Waals surface area contributed by atoms with Crippen LogP contribution < -0.4 is 4.90 Å². The maximum absolute atomic E-state index is 13.6. The highest BCUT2D eigenvalue weighted by Gasteiger charge is 2.30. The number of anilines is 1. The Balaban J connectivity index is 1.22. The van der Waals surface area contributed by atoms with E-state index in [4.69, 9.17) is 0 Å². The van der Waals surface area contributed by atoms with Crippen molar-refractivity contribution in [3.63, 3.8) is 0 Å². The van der Waals surface area contributed by atoms with Crippen molar-refractivity contribution in [1.82, 2.24) is 24.8 Å². The van der Waals surface area contributed by atoms with E-state index < -0.39 is 11.7 Å². The number of carbonyl (C=O) groups is 1. The first-order valence-corrected chi connectivity index (χ1v) is 13.9. The van der Waals surface area contributed by atoms with Crippen LogP contribution in [-0.4, -0.2) is 63.4 Å². The van der Waals surface area contributed by atoms with Crippen molar-refractivity contribution in [1.29, 1.82) is 0 Å². The first-order valence-electron chi connectivity index (χ1n) is 13.9. The fourth-order valence-electron chi connectivity index (χ4n) is 5.20. The van der Waals surface area contributed by atoms with E-state index >= 15 is 0 Å². The van der Waals surface area contributed by atoms with Gasteiger partial charge in [0, 0.05) is 51.2 Å². The summed E-state index contributed by atoms with van der Waals surface area (Å²) in [6, 6.07) is 13.9. The molecule has 2 aliphatic heterocycles. The Bertz CT molecular complexity index is 1420. The van der Waals surface area contributed by atoms with Crippen LogP contribution in [0.15, 0.2) is 72.5 Å². The minimum Gasteiger partial charge on any atom is -0.344 e. The maximum Gasteiger partial charge on any atom is 0.416 e. The number of carbonyl (C=O) groups excluding carboxylic acids is 1. The second-order valence-electron chi connectivity index (χ2n) is 10.9. The Hall–Kier alpha value is -3.92.